The van der Waals surface area contributed by atoms with E-state index in [2.05, 4.69) is 0 Å². The Kier molecular flexibility index (Phi) is 2.23. The SMILES string of the molecule is Cc1cccc(S(C)(O)O)c1. The van der Waals surface area contributed by atoms with Gasteiger partial charge in [-0.1, -0.05) is 12.1 Å². The summed E-state index contributed by atoms with van der Waals surface area (Å²) < 4.78 is 18.5. The molecule has 1 aromatic carbocycles. The molecule has 0 spiro atoms. The van der Waals surface area contributed by atoms with Crippen molar-refractivity contribution < 1.29 is 9.11 Å². The van der Waals surface area contributed by atoms with Crippen LogP contribution in [-0.2, 0) is 0 Å². The predicted octanol–water partition coefficient (Wildman–Crippen LogP) is 2.73. The number of hydrogen-bond acceptors (Lipinski definition) is 2. The van der Waals surface area contributed by atoms with Crippen LogP contribution in [0, 0.1) is 6.92 Å². The Morgan fingerprint density at radius 2 is 1.91 bits per heavy atom. The lowest BCUT2D eigenvalue weighted by molar-refractivity contribution is 0.495. The van der Waals surface area contributed by atoms with Crippen LogP contribution in [0.5, 0.6) is 0 Å². The van der Waals surface area contributed by atoms with Gasteiger partial charge in [-0.05, 0) is 24.6 Å². The third kappa shape index (κ3) is 2.22. The van der Waals surface area contributed by atoms with Crippen LogP contribution >= 0.6 is 10.6 Å². The highest BCUT2D eigenvalue weighted by atomic mass is 32.3. The first-order valence-corrected chi connectivity index (χ1v) is 5.25. The molecule has 0 amide bonds. The van der Waals surface area contributed by atoms with E-state index in [-0.39, 0.29) is 0 Å². The quantitative estimate of drug-likeness (QED) is 0.683. The third-order valence-electron chi connectivity index (χ3n) is 1.44. The van der Waals surface area contributed by atoms with Gasteiger partial charge in [0.15, 0.2) is 0 Å². The lowest BCUT2D eigenvalue weighted by Gasteiger charge is -2.26. The summed E-state index contributed by atoms with van der Waals surface area (Å²) in [6, 6.07) is 7.26. The van der Waals surface area contributed by atoms with Crippen LogP contribution in [-0.4, -0.2) is 15.4 Å². The lowest BCUT2D eigenvalue weighted by atomic mass is 10.2. The molecule has 0 heterocycles. The fourth-order valence-corrected chi connectivity index (χ4v) is 1.60. The summed E-state index contributed by atoms with van der Waals surface area (Å²) in [6.45, 7) is 1.93. The molecule has 62 valence electrons. The molecule has 0 saturated carbocycles. The molecule has 0 fully saturated rings. The van der Waals surface area contributed by atoms with E-state index in [0.717, 1.165) is 5.56 Å². The average Bonchev–Trinajstić information content (AvgIpc) is 1.86. The number of aryl methyl sites for hydroxylation is 1. The second-order valence-corrected chi connectivity index (χ2v) is 4.79. The van der Waals surface area contributed by atoms with Crippen LogP contribution in [0.25, 0.3) is 0 Å². The second kappa shape index (κ2) is 2.85. The van der Waals surface area contributed by atoms with Gasteiger partial charge in [0.25, 0.3) is 0 Å². The maximum atomic E-state index is 9.25. The molecule has 0 aliphatic carbocycles. The minimum atomic E-state index is -2.53. The monoisotopic (exact) mass is 172 g/mol. The van der Waals surface area contributed by atoms with Gasteiger partial charge in [-0.25, -0.2) is 0 Å². The van der Waals surface area contributed by atoms with Crippen molar-refractivity contribution in [1.82, 2.24) is 0 Å². The molecule has 0 saturated heterocycles. The predicted molar refractivity (Wildman–Crippen MR) is 48.2 cm³/mol. The molecule has 1 rings (SSSR count). The molecule has 0 radical (unpaired) electrons. The van der Waals surface area contributed by atoms with Gasteiger partial charge in [-0.3, -0.25) is 9.11 Å². The normalized spacial score (nSPS) is 13.1. The molecule has 2 nitrogen and oxygen atoms in total. The Hall–Kier alpha value is -0.510. The maximum absolute atomic E-state index is 9.25. The topological polar surface area (TPSA) is 40.5 Å². The van der Waals surface area contributed by atoms with Gasteiger partial charge in [-0.15, -0.1) is 0 Å². The van der Waals surface area contributed by atoms with Crippen molar-refractivity contribution in [2.75, 3.05) is 6.26 Å². The van der Waals surface area contributed by atoms with Crippen LogP contribution in [0.1, 0.15) is 5.56 Å². The summed E-state index contributed by atoms with van der Waals surface area (Å²) in [5, 5.41) is 0. The maximum Gasteiger partial charge on any atom is 0.0583 e. The molecule has 11 heavy (non-hydrogen) atoms. The van der Waals surface area contributed by atoms with E-state index in [9.17, 15) is 9.11 Å². The zero-order valence-corrected chi connectivity index (χ0v) is 7.43. The first kappa shape index (κ1) is 8.59. The van der Waals surface area contributed by atoms with Gasteiger partial charge in [0.2, 0.25) is 0 Å². The molecule has 0 unspecified atom stereocenters. The fourth-order valence-electron chi connectivity index (χ4n) is 0.856. The molecule has 0 aliphatic heterocycles. The van der Waals surface area contributed by atoms with Gasteiger partial charge in [-0.2, -0.15) is 10.6 Å². The summed E-state index contributed by atoms with van der Waals surface area (Å²) in [7, 11) is -2.53. The van der Waals surface area contributed by atoms with Gasteiger partial charge < -0.3 is 0 Å². The molecule has 1 aromatic rings. The van der Waals surface area contributed by atoms with Crippen LogP contribution in [0.3, 0.4) is 0 Å². The van der Waals surface area contributed by atoms with Gasteiger partial charge in [0.1, 0.15) is 0 Å². The van der Waals surface area contributed by atoms with E-state index < -0.39 is 10.6 Å². The largest absolute Gasteiger partial charge is 0.295 e. The number of hydrogen-bond donors (Lipinski definition) is 2. The minimum absolute atomic E-state index is 0.609. The summed E-state index contributed by atoms with van der Waals surface area (Å²) in [6.07, 6.45) is 1.43. The lowest BCUT2D eigenvalue weighted by Crippen LogP contribution is -1.94. The molecule has 2 N–H and O–H groups in total. The van der Waals surface area contributed by atoms with Crippen LogP contribution in [0.4, 0.5) is 0 Å². The second-order valence-electron chi connectivity index (χ2n) is 2.65. The first-order chi connectivity index (χ1) is 5.00. The molecule has 0 aliphatic rings. The molecule has 0 aromatic heterocycles. The van der Waals surface area contributed by atoms with E-state index in [4.69, 9.17) is 0 Å². The van der Waals surface area contributed by atoms with E-state index in [1.165, 1.54) is 6.26 Å². The zero-order valence-electron chi connectivity index (χ0n) is 6.61. The third-order valence-corrected chi connectivity index (χ3v) is 2.58. The van der Waals surface area contributed by atoms with E-state index in [0.29, 0.717) is 4.90 Å². The number of rotatable bonds is 1. The van der Waals surface area contributed by atoms with Crippen molar-refractivity contribution in [3.63, 3.8) is 0 Å². The smallest absolute Gasteiger partial charge is 0.0583 e. The summed E-state index contributed by atoms with van der Waals surface area (Å²) >= 11 is 0. The van der Waals surface area contributed by atoms with Crippen molar-refractivity contribution in [1.29, 1.82) is 0 Å². The Labute approximate surface area is 68.2 Å². The Balaban J connectivity index is 3.06. The number of benzene rings is 1. The minimum Gasteiger partial charge on any atom is -0.295 e. The fraction of sp³-hybridized carbons (Fsp3) is 0.250. The summed E-state index contributed by atoms with van der Waals surface area (Å²) in [4.78, 5) is 0.609. The zero-order chi connectivity index (χ0) is 8.48. The van der Waals surface area contributed by atoms with Crippen molar-refractivity contribution in [2.45, 2.75) is 11.8 Å². The standard InChI is InChI=1S/C8H12O2S/c1-7-4-3-5-8(6-7)11(2,9)10/h3-6,9-10H,1-2H3. The van der Waals surface area contributed by atoms with Crippen molar-refractivity contribution in [3.05, 3.63) is 29.8 Å². The Morgan fingerprint density at radius 1 is 1.27 bits per heavy atom. The summed E-state index contributed by atoms with van der Waals surface area (Å²) in [5.74, 6) is 0. The van der Waals surface area contributed by atoms with Gasteiger partial charge in [0, 0.05) is 6.26 Å². The average molecular weight is 172 g/mol. The highest BCUT2D eigenvalue weighted by Gasteiger charge is 2.06. The molecular weight excluding hydrogens is 160 g/mol. The van der Waals surface area contributed by atoms with E-state index in [1.54, 1.807) is 12.1 Å². The Bertz CT molecular complexity index is 253. The van der Waals surface area contributed by atoms with Gasteiger partial charge in [0.05, 0.1) is 4.90 Å². The van der Waals surface area contributed by atoms with Crippen molar-refractivity contribution >= 4 is 10.6 Å². The molecule has 3 heteroatoms. The van der Waals surface area contributed by atoms with E-state index >= 15 is 0 Å². The van der Waals surface area contributed by atoms with Crippen LogP contribution < -0.4 is 0 Å². The van der Waals surface area contributed by atoms with Crippen molar-refractivity contribution in [3.8, 4) is 0 Å². The highest BCUT2D eigenvalue weighted by Crippen LogP contribution is 2.43. The van der Waals surface area contributed by atoms with E-state index in [1.807, 2.05) is 19.1 Å². The van der Waals surface area contributed by atoms with Crippen LogP contribution in [0.2, 0.25) is 0 Å². The Morgan fingerprint density at radius 3 is 2.27 bits per heavy atom. The molecular formula is C8H12O2S. The first-order valence-electron chi connectivity index (χ1n) is 3.30. The van der Waals surface area contributed by atoms with Crippen LogP contribution in [0.15, 0.2) is 29.2 Å². The molecule has 0 bridgehead atoms. The van der Waals surface area contributed by atoms with Gasteiger partial charge >= 0.3 is 0 Å². The summed E-state index contributed by atoms with van der Waals surface area (Å²) in [5.41, 5.74) is 1.05. The van der Waals surface area contributed by atoms with Crippen molar-refractivity contribution in [2.24, 2.45) is 0 Å². The molecule has 0 atom stereocenters. The highest BCUT2D eigenvalue weighted by molar-refractivity contribution is 8.23.